The molecule has 2 N–H and O–H groups in total. The molecule has 1 aliphatic rings. The van der Waals surface area contributed by atoms with Crippen LogP contribution in [-0.2, 0) is 5.54 Å². The minimum Gasteiger partial charge on any atom is -0.508 e. The number of urea groups is 1. The van der Waals surface area contributed by atoms with Crippen LogP contribution in [-0.4, -0.2) is 29.6 Å². The number of amides is 2. The molecule has 1 atom stereocenters. The van der Waals surface area contributed by atoms with E-state index in [1.54, 1.807) is 30.1 Å². The molecule has 86 valence electrons. The van der Waals surface area contributed by atoms with Crippen LogP contribution in [0.4, 0.5) is 4.79 Å². The number of nitrogens with zero attached hydrogens (tertiary/aromatic N) is 1. The molecule has 2 amide bonds. The Morgan fingerprint density at radius 3 is 2.88 bits per heavy atom. The third-order valence-electron chi connectivity index (χ3n) is 3.16. The second-order valence-electron chi connectivity index (χ2n) is 4.48. The summed E-state index contributed by atoms with van der Waals surface area (Å²) in [5, 5.41) is 12.4. The fraction of sp³-hybridized carbons (Fsp3) is 0.417. The van der Waals surface area contributed by atoms with Crippen LogP contribution in [0.3, 0.4) is 0 Å². The number of benzene rings is 1. The van der Waals surface area contributed by atoms with Gasteiger partial charge in [0, 0.05) is 13.6 Å². The first-order valence-corrected chi connectivity index (χ1v) is 5.34. The van der Waals surface area contributed by atoms with Crippen molar-refractivity contribution in [3.8, 4) is 5.75 Å². The predicted octanol–water partition coefficient (Wildman–Crippen LogP) is 1.65. The summed E-state index contributed by atoms with van der Waals surface area (Å²) in [5.74, 6) is 0.229. The number of carbonyl (C=O) groups excluding carboxylic acids is 1. The predicted molar refractivity (Wildman–Crippen MR) is 61.2 cm³/mol. The number of hydrogen-bond donors (Lipinski definition) is 2. The highest BCUT2D eigenvalue weighted by molar-refractivity contribution is 5.76. The van der Waals surface area contributed by atoms with Gasteiger partial charge in [-0.15, -0.1) is 0 Å². The summed E-state index contributed by atoms with van der Waals surface area (Å²) in [7, 11) is 1.78. The lowest BCUT2D eigenvalue weighted by Crippen LogP contribution is -2.55. The van der Waals surface area contributed by atoms with Crippen LogP contribution in [0.15, 0.2) is 24.3 Å². The molecule has 1 fully saturated rings. The highest BCUT2D eigenvalue weighted by atomic mass is 16.3. The number of nitrogens with one attached hydrogen (secondary N) is 1. The maximum atomic E-state index is 11.6. The Kier molecular flexibility index (Phi) is 2.50. The molecule has 1 aliphatic heterocycles. The van der Waals surface area contributed by atoms with E-state index >= 15 is 0 Å². The smallest absolute Gasteiger partial charge is 0.317 e. The summed E-state index contributed by atoms with van der Waals surface area (Å²) < 4.78 is 0. The Balaban J connectivity index is 2.29. The summed E-state index contributed by atoms with van der Waals surface area (Å²) in [5.41, 5.74) is 0.552. The Morgan fingerprint density at radius 1 is 1.50 bits per heavy atom. The lowest BCUT2D eigenvalue weighted by molar-refractivity contribution is 0.164. The Bertz CT molecular complexity index is 419. The van der Waals surface area contributed by atoms with Gasteiger partial charge in [-0.3, -0.25) is 0 Å². The van der Waals surface area contributed by atoms with Crippen molar-refractivity contribution in [3.63, 3.8) is 0 Å². The summed E-state index contributed by atoms with van der Waals surface area (Å²) in [6.45, 7) is 2.70. The van der Waals surface area contributed by atoms with Crippen molar-refractivity contribution in [2.24, 2.45) is 0 Å². The average molecular weight is 220 g/mol. The van der Waals surface area contributed by atoms with Gasteiger partial charge in [0.25, 0.3) is 0 Å². The normalized spacial score (nSPS) is 25.4. The van der Waals surface area contributed by atoms with Crippen molar-refractivity contribution in [1.29, 1.82) is 0 Å². The topological polar surface area (TPSA) is 52.6 Å². The van der Waals surface area contributed by atoms with E-state index in [0.717, 1.165) is 18.5 Å². The molecule has 0 bridgehead atoms. The quantitative estimate of drug-likeness (QED) is 0.756. The molecule has 1 aromatic carbocycles. The lowest BCUT2D eigenvalue weighted by Gasteiger charge is -2.39. The highest BCUT2D eigenvalue weighted by Crippen LogP contribution is 2.29. The van der Waals surface area contributed by atoms with Crippen LogP contribution in [0.2, 0.25) is 0 Å². The van der Waals surface area contributed by atoms with Crippen molar-refractivity contribution in [1.82, 2.24) is 10.2 Å². The van der Waals surface area contributed by atoms with Crippen LogP contribution < -0.4 is 5.32 Å². The van der Waals surface area contributed by atoms with Gasteiger partial charge in [0.05, 0.1) is 5.54 Å². The molecule has 2 rings (SSSR count). The van der Waals surface area contributed by atoms with Gasteiger partial charge < -0.3 is 15.3 Å². The zero-order chi connectivity index (χ0) is 11.8. The molecule has 1 saturated heterocycles. The van der Waals surface area contributed by atoms with Gasteiger partial charge >= 0.3 is 6.03 Å². The standard InChI is InChI=1S/C12H16N2O2/c1-12(6-7-14(2)11(16)13-12)9-4-3-5-10(15)8-9/h3-5,8,15H,6-7H2,1-2H3,(H,13,16). The van der Waals surface area contributed by atoms with Gasteiger partial charge in [-0.05, 0) is 31.0 Å². The monoisotopic (exact) mass is 220 g/mol. The molecule has 0 aromatic heterocycles. The average Bonchev–Trinajstić information content (AvgIpc) is 2.24. The van der Waals surface area contributed by atoms with E-state index in [4.69, 9.17) is 0 Å². The summed E-state index contributed by atoms with van der Waals surface area (Å²) in [4.78, 5) is 13.3. The molecule has 1 unspecified atom stereocenters. The third-order valence-corrected chi connectivity index (χ3v) is 3.16. The first-order chi connectivity index (χ1) is 7.51. The molecule has 1 aromatic rings. The van der Waals surface area contributed by atoms with Crippen LogP contribution in [0.1, 0.15) is 18.9 Å². The molecule has 4 nitrogen and oxygen atoms in total. The lowest BCUT2D eigenvalue weighted by atomic mass is 9.87. The third kappa shape index (κ3) is 1.83. The second kappa shape index (κ2) is 3.70. The summed E-state index contributed by atoms with van der Waals surface area (Å²) in [6, 6.07) is 6.97. The maximum Gasteiger partial charge on any atom is 0.317 e. The van der Waals surface area contributed by atoms with E-state index in [1.165, 1.54) is 0 Å². The van der Waals surface area contributed by atoms with Gasteiger partial charge in [-0.25, -0.2) is 4.79 Å². The van der Waals surface area contributed by atoms with E-state index in [-0.39, 0.29) is 17.3 Å². The number of phenols is 1. The highest BCUT2D eigenvalue weighted by Gasteiger charge is 2.34. The van der Waals surface area contributed by atoms with Crippen molar-refractivity contribution >= 4 is 6.03 Å². The zero-order valence-corrected chi connectivity index (χ0v) is 9.53. The molecule has 0 saturated carbocycles. The molecule has 0 spiro atoms. The largest absolute Gasteiger partial charge is 0.508 e. The summed E-state index contributed by atoms with van der Waals surface area (Å²) in [6.07, 6.45) is 0.832. The fourth-order valence-corrected chi connectivity index (χ4v) is 1.95. The Hall–Kier alpha value is -1.71. The molecule has 1 heterocycles. The van der Waals surface area contributed by atoms with E-state index in [9.17, 15) is 9.90 Å². The van der Waals surface area contributed by atoms with E-state index in [1.807, 2.05) is 13.0 Å². The van der Waals surface area contributed by atoms with E-state index < -0.39 is 0 Å². The van der Waals surface area contributed by atoms with E-state index in [2.05, 4.69) is 5.32 Å². The molecule has 16 heavy (non-hydrogen) atoms. The first-order valence-electron chi connectivity index (χ1n) is 5.34. The van der Waals surface area contributed by atoms with Crippen molar-refractivity contribution < 1.29 is 9.90 Å². The minimum atomic E-state index is -0.387. The van der Waals surface area contributed by atoms with Crippen molar-refractivity contribution in [2.75, 3.05) is 13.6 Å². The molecule has 0 aliphatic carbocycles. The number of aromatic hydroxyl groups is 1. The number of phenolic OH excluding ortho intramolecular Hbond substituents is 1. The fourth-order valence-electron chi connectivity index (χ4n) is 1.95. The SMILES string of the molecule is CN1CCC(C)(c2cccc(O)c2)NC1=O. The maximum absolute atomic E-state index is 11.6. The van der Waals surface area contributed by atoms with Crippen LogP contribution in [0, 0.1) is 0 Å². The van der Waals surface area contributed by atoms with E-state index in [0.29, 0.717) is 0 Å². The minimum absolute atomic E-state index is 0.0721. The number of hydrogen-bond acceptors (Lipinski definition) is 2. The van der Waals surface area contributed by atoms with Crippen LogP contribution in [0.25, 0.3) is 0 Å². The number of carbonyl (C=O) groups is 1. The Morgan fingerprint density at radius 2 is 2.25 bits per heavy atom. The summed E-state index contributed by atoms with van der Waals surface area (Å²) >= 11 is 0. The second-order valence-corrected chi connectivity index (χ2v) is 4.48. The van der Waals surface area contributed by atoms with Gasteiger partial charge in [0.15, 0.2) is 0 Å². The van der Waals surface area contributed by atoms with Crippen molar-refractivity contribution in [2.45, 2.75) is 18.9 Å². The van der Waals surface area contributed by atoms with Gasteiger partial charge in [-0.2, -0.15) is 0 Å². The Labute approximate surface area is 94.9 Å². The number of rotatable bonds is 1. The van der Waals surface area contributed by atoms with Crippen LogP contribution >= 0.6 is 0 Å². The van der Waals surface area contributed by atoms with Gasteiger partial charge in [0.1, 0.15) is 5.75 Å². The zero-order valence-electron chi connectivity index (χ0n) is 9.53. The van der Waals surface area contributed by atoms with Crippen molar-refractivity contribution in [3.05, 3.63) is 29.8 Å². The first kappa shape index (κ1) is 10.8. The van der Waals surface area contributed by atoms with Crippen LogP contribution in [0.5, 0.6) is 5.75 Å². The molecular formula is C12H16N2O2. The van der Waals surface area contributed by atoms with Gasteiger partial charge in [0.2, 0.25) is 0 Å². The molecule has 4 heteroatoms. The molecular weight excluding hydrogens is 204 g/mol. The van der Waals surface area contributed by atoms with Gasteiger partial charge in [-0.1, -0.05) is 12.1 Å². The molecule has 0 radical (unpaired) electrons.